The standard InChI is InChI=1S/C23H15FN2O/c24-20-11-5-10-18-21(16-7-2-1-3-8-16)19(23(27)22(18)20)14-26-17-9-4-6-15(12-17)13-25/h1-12,14,21,26H/b19-14+/t21-/m0/s1. The van der Waals surface area contributed by atoms with Crippen molar-refractivity contribution in [1.82, 2.24) is 0 Å². The lowest BCUT2D eigenvalue weighted by Gasteiger charge is -2.14. The van der Waals surface area contributed by atoms with Crippen LogP contribution in [-0.2, 0) is 0 Å². The lowest BCUT2D eigenvalue weighted by atomic mass is 9.90. The molecule has 0 aliphatic heterocycles. The third-order valence-electron chi connectivity index (χ3n) is 4.68. The average molecular weight is 354 g/mol. The number of hydrogen-bond donors (Lipinski definition) is 1. The molecule has 1 N–H and O–H groups in total. The molecule has 3 aromatic rings. The highest BCUT2D eigenvalue weighted by Gasteiger charge is 2.37. The fraction of sp³-hybridized carbons (Fsp3) is 0.0435. The molecule has 130 valence electrons. The first kappa shape index (κ1) is 16.7. The average Bonchev–Trinajstić information content (AvgIpc) is 3.00. The van der Waals surface area contributed by atoms with Crippen molar-refractivity contribution < 1.29 is 9.18 Å². The maximum absolute atomic E-state index is 14.4. The van der Waals surface area contributed by atoms with Crippen molar-refractivity contribution >= 4 is 11.5 Å². The maximum atomic E-state index is 14.4. The molecule has 3 aromatic carbocycles. The Kier molecular flexibility index (Phi) is 4.27. The molecule has 0 heterocycles. The van der Waals surface area contributed by atoms with E-state index >= 15 is 0 Å². The monoisotopic (exact) mass is 354 g/mol. The van der Waals surface area contributed by atoms with E-state index in [-0.39, 0.29) is 17.3 Å². The van der Waals surface area contributed by atoms with E-state index in [1.54, 1.807) is 36.5 Å². The Labute approximate surface area is 156 Å². The second kappa shape index (κ2) is 6.89. The van der Waals surface area contributed by atoms with E-state index in [0.717, 1.165) is 5.56 Å². The van der Waals surface area contributed by atoms with Crippen molar-refractivity contribution in [3.63, 3.8) is 0 Å². The number of carbonyl (C=O) groups excluding carboxylic acids is 1. The largest absolute Gasteiger partial charge is 0.361 e. The van der Waals surface area contributed by atoms with Crippen LogP contribution in [0, 0.1) is 17.1 Å². The van der Waals surface area contributed by atoms with Gasteiger partial charge in [0.15, 0.2) is 5.78 Å². The molecule has 0 saturated heterocycles. The number of nitrogens with one attached hydrogen (secondary N) is 1. The number of rotatable bonds is 3. The van der Waals surface area contributed by atoms with Crippen LogP contribution in [-0.4, -0.2) is 5.78 Å². The van der Waals surface area contributed by atoms with Crippen molar-refractivity contribution in [2.75, 3.05) is 5.32 Å². The summed E-state index contributed by atoms with van der Waals surface area (Å²) >= 11 is 0. The zero-order valence-electron chi connectivity index (χ0n) is 14.3. The molecule has 27 heavy (non-hydrogen) atoms. The Morgan fingerprint density at radius 1 is 1.00 bits per heavy atom. The van der Waals surface area contributed by atoms with Crippen LogP contribution in [0.2, 0.25) is 0 Å². The van der Waals surface area contributed by atoms with Crippen LogP contribution in [0.25, 0.3) is 0 Å². The predicted molar refractivity (Wildman–Crippen MR) is 102 cm³/mol. The molecule has 3 nitrogen and oxygen atoms in total. The van der Waals surface area contributed by atoms with E-state index in [1.165, 1.54) is 6.07 Å². The van der Waals surface area contributed by atoms with E-state index in [9.17, 15) is 9.18 Å². The summed E-state index contributed by atoms with van der Waals surface area (Å²) < 4.78 is 14.4. The van der Waals surface area contributed by atoms with Gasteiger partial charge in [-0.2, -0.15) is 5.26 Å². The lowest BCUT2D eigenvalue weighted by Crippen LogP contribution is -2.05. The van der Waals surface area contributed by atoms with E-state index in [0.29, 0.717) is 22.4 Å². The van der Waals surface area contributed by atoms with Crippen LogP contribution in [0.1, 0.15) is 33.0 Å². The Morgan fingerprint density at radius 2 is 1.78 bits per heavy atom. The lowest BCUT2D eigenvalue weighted by molar-refractivity contribution is 0.103. The van der Waals surface area contributed by atoms with Gasteiger partial charge in [0.25, 0.3) is 0 Å². The van der Waals surface area contributed by atoms with E-state index in [1.807, 2.05) is 36.4 Å². The van der Waals surface area contributed by atoms with Crippen molar-refractivity contribution in [2.45, 2.75) is 5.92 Å². The topological polar surface area (TPSA) is 52.9 Å². The summed E-state index contributed by atoms with van der Waals surface area (Å²) in [4.78, 5) is 12.9. The summed E-state index contributed by atoms with van der Waals surface area (Å²) in [7, 11) is 0. The number of ketones is 1. The number of nitriles is 1. The molecule has 0 saturated carbocycles. The maximum Gasteiger partial charge on any atom is 0.194 e. The minimum atomic E-state index is -0.506. The second-order valence-corrected chi connectivity index (χ2v) is 6.31. The second-order valence-electron chi connectivity index (χ2n) is 6.31. The van der Waals surface area contributed by atoms with Crippen molar-refractivity contribution in [2.24, 2.45) is 0 Å². The first-order chi connectivity index (χ1) is 13.2. The molecular weight excluding hydrogens is 339 g/mol. The highest BCUT2D eigenvalue weighted by Crippen LogP contribution is 2.42. The fourth-order valence-electron chi connectivity index (χ4n) is 3.46. The van der Waals surface area contributed by atoms with Gasteiger partial charge < -0.3 is 5.32 Å². The molecule has 0 aromatic heterocycles. The van der Waals surface area contributed by atoms with Gasteiger partial charge in [0.2, 0.25) is 0 Å². The highest BCUT2D eigenvalue weighted by atomic mass is 19.1. The van der Waals surface area contributed by atoms with Gasteiger partial charge in [0, 0.05) is 23.4 Å². The zero-order chi connectivity index (χ0) is 18.8. The van der Waals surface area contributed by atoms with Crippen LogP contribution in [0.3, 0.4) is 0 Å². The molecule has 0 amide bonds. The SMILES string of the molecule is N#Cc1cccc(N/C=C2/C(=O)c3c(F)cccc3[C@@H]2c2ccccc2)c1. The Balaban J connectivity index is 1.79. The number of halogens is 1. The highest BCUT2D eigenvalue weighted by molar-refractivity contribution is 6.15. The molecular formula is C23H15FN2O. The van der Waals surface area contributed by atoms with E-state index in [2.05, 4.69) is 11.4 Å². The molecule has 0 spiro atoms. The van der Waals surface area contributed by atoms with Gasteiger partial charge in [0.05, 0.1) is 17.2 Å². The zero-order valence-corrected chi connectivity index (χ0v) is 14.3. The third-order valence-corrected chi connectivity index (χ3v) is 4.68. The van der Waals surface area contributed by atoms with Crippen LogP contribution in [0.4, 0.5) is 10.1 Å². The summed E-state index contributed by atoms with van der Waals surface area (Å²) in [6.07, 6.45) is 1.62. The number of hydrogen-bond acceptors (Lipinski definition) is 3. The molecule has 1 atom stereocenters. The molecule has 4 heteroatoms. The predicted octanol–water partition coefficient (Wildman–Crippen LogP) is 5.02. The van der Waals surface area contributed by atoms with Gasteiger partial charge in [-0.3, -0.25) is 4.79 Å². The number of allylic oxidation sites excluding steroid dienone is 1. The number of fused-ring (bicyclic) bond motifs is 1. The Hall–Kier alpha value is -3.71. The third kappa shape index (κ3) is 3.00. The van der Waals surface area contributed by atoms with Crippen molar-refractivity contribution in [1.29, 1.82) is 5.26 Å². The molecule has 0 bridgehead atoms. The first-order valence-electron chi connectivity index (χ1n) is 8.54. The number of anilines is 1. The quantitative estimate of drug-likeness (QED) is 0.672. The summed E-state index contributed by atoms with van der Waals surface area (Å²) in [5.41, 5.74) is 3.41. The number of Topliss-reactive ketones (excluding diaryl/α,β-unsaturated/α-hetero) is 1. The number of carbonyl (C=O) groups is 1. The number of nitrogens with zero attached hydrogens (tertiary/aromatic N) is 1. The van der Waals surface area contributed by atoms with Crippen LogP contribution >= 0.6 is 0 Å². The van der Waals surface area contributed by atoms with Gasteiger partial charge in [-0.1, -0.05) is 48.5 Å². The minimum Gasteiger partial charge on any atom is -0.361 e. The fourth-order valence-corrected chi connectivity index (χ4v) is 3.46. The molecule has 0 fully saturated rings. The van der Waals surface area contributed by atoms with Gasteiger partial charge in [-0.25, -0.2) is 4.39 Å². The van der Waals surface area contributed by atoms with Gasteiger partial charge in [0.1, 0.15) is 5.82 Å². The number of benzene rings is 3. The smallest absolute Gasteiger partial charge is 0.194 e. The molecule has 4 rings (SSSR count). The molecule has 1 aliphatic rings. The summed E-state index contributed by atoms with van der Waals surface area (Å²) in [5.74, 6) is -1.16. The van der Waals surface area contributed by atoms with Crippen LogP contribution in [0.15, 0.2) is 84.6 Å². The minimum absolute atomic E-state index is 0.130. The van der Waals surface area contributed by atoms with Crippen LogP contribution in [0.5, 0.6) is 0 Å². The van der Waals surface area contributed by atoms with Crippen molar-refractivity contribution in [3.8, 4) is 6.07 Å². The molecule has 0 radical (unpaired) electrons. The van der Waals surface area contributed by atoms with Crippen LogP contribution < -0.4 is 5.32 Å². The van der Waals surface area contributed by atoms with Gasteiger partial charge >= 0.3 is 0 Å². The summed E-state index contributed by atoms with van der Waals surface area (Å²) in [6, 6.07) is 23.4. The van der Waals surface area contributed by atoms with E-state index in [4.69, 9.17) is 5.26 Å². The normalized spacial score (nSPS) is 16.8. The van der Waals surface area contributed by atoms with Gasteiger partial charge in [-0.05, 0) is 35.4 Å². The van der Waals surface area contributed by atoms with Gasteiger partial charge in [-0.15, -0.1) is 0 Å². The summed E-state index contributed by atoms with van der Waals surface area (Å²) in [5, 5.41) is 12.1. The Bertz CT molecular complexity index is 1100. The Morgan fingerprint density at radius 3 is 2.56 bits per heavy atom. The van der Waals surface area contributed by atoms with Crippen molar-refractivity contribution in [3.05, 3.63) is 113 Å². The summed E-state index contributed by atoms with van der Waals surface area (Å²) in [6.45, 7) is 0. The molecule has 1 aliphatic carbocycles. The van der Waals surface area contributed by atoms with E-state index < -0.39 is 5.82 Å². The first-order valence-corrected chi connectivity index (χ1v) is 8.54. The molecule has 0 unspecified atom stereocenters.